The average molecular weight is 410 g/mol. The van der Waals surface area contributed by atoms with Crippen LogP contribution >= 0.6 is 15.9 Å². The predicted octanol–water partition coefficient (Wildman–Crippen LogP) is 5.04. The van der Waals surface area contributed by atoms with Gasteiger partial charge in [-0.2, -0.15) is 0 Å². The Morgan fingerprint density at radius 2 is 1.54 bits per heavy atom. The van der Waals surface area contributed by atoms with E-state index in [1.54, 1.807) is 0 Å². The van der Waals surface area contributed by atoms with Crippen molar-refractivity contribution >= 4 is 32.7 Å². The second kappa shape index (κ2) is 7.22. The zero-order chi connectivity index (χ0) is 18.0. The molecular formula is C22H20BrNO2. The van der Waals surface area contributed by atoms with Crippen LogP contribution in [0.15, 0.2) is 71.2 Å². The first-order valence-electron chi connectivity index (χ1n) is 8.86. The standard InChI is InChI=1S/C22H20BrNO2/c23-20-11-10-19(17-8-4-5-9-18(17)20)21(25)26-22(12-14-24-15-13-22)16-6-2-1-3-7-16/h1-11,24H,12-15H2. The van der Waals surface area contributed by atoms with Crippen molar-refractivity contribution in [1.29, 1.82) is 0 Å². The van der Waals surface area contributed by atoms with E-state index in [2.05, 4.69) is 33.4 Å². The summed E-state index contributed by atoms with van der Waals surface area (Å²) >= 11 is 3.57. The Morgan fingerprint density at radius 1 is 0.885 bits per heavy atom. The van der Waals surface area contributed by atoms with Gasteiger partial charge < -0.3 is 10.1 Å². The monoisotopic (exact) mass is 409 g/mol. The number of fused-ring (bicyclic) bond motifs is 1. The molecular weight excluding hydrogens is 390 g/mol. The Bertz CT molecular complexity index is 933. The molecule has 1 aliphatic rings. The van der Waals surface area contributed by atoms with Crippen LogP contribution in [-0.4, -0.2) is 19.1 Å². The van der Waals surface area contributed by atoms with E-state index in [-0.39, 0.29) is 5.97 Å². The van der Waals surface area contributed by atoms with Gasteiger partial charge in [0.2, 0.25) is 0 Å². The summed E-state index contributed by atoms with van der Waals surface area (Å²) in [5, 5.41) is 5.28. The Morgan fingerprint density at radius 3 is 2.27 bits per heavy atom. The molecule has 1 saturated heterocycles. The molecule has 0 atom stereocenters. The summed E-state index contributed by atoms with van der Waals surface area (Å²) in [6.45, 7) is 1.67. The van der Waals surface area contributed by atoms with Crippen LogP contribution in [0.4, 0.5) is 0 Å². The fourth-order valence-electron chi connectivity index (χ4n) is 3.69. The van der Waals surface area contributed by atoms with E-state index >= 15 is 0 Å². The molecule has 0 amide bonds. The van der Waals surface area contributed by atoms with Crippen molar-refractivity contribution in [3.8, 4) is 0 Å². The number of carbonyl (C=O) groups excluding carboxylic acids is 1. The molecule has 1 fully saturated rings. The van der Waals surface area contributed by atoms with Crippen molar-refractivity contribution in [2.75, 3.05) is 13.1 Å². The molecule has 26 heavy (non-hydrogen) atoms. The molecule has 0 radical (unpaired) electrons. The van der Waals surface area contributed by atoms with E-state index in [0.29, 0.717) is 5.56 Å². The fraction of sp³-hybridized carbons (Fsp3) is 0.227. The Kier molecular flexibility index (Phi) is 4.79. The van der Waals surface area contributed by atoms with Crippen molar-refractivity contribution in [2.24, 2.45) is 0 Å². The van der Waals surface area contributed by atoms with Crippen molar-refractivity contribution in [3.63, 3.8) is 0 Å². The van der Waals surface area contributed by atoms with Gasteiger partial charge in [-0.1, -0.05) is 70.5 Å². The summed E-state index contributed by atoms with van der Waals surface area (Å²) in [6, 6.07) is 21.7. The number of carbonyl (C=O) groups is 1. The first-order chi connectivity index (χ1) is 12.7. The first kappa shape index (κ1) is 17.3. The molecule has 4 rings (SSSR count). The van der Waals surface area contributed by atoms with Crippen LogP contribution in [0.3, 0.4) is 0 Å². The van der Waals surface area contributed by atoms with E-state index < -0.39 is 5.60 Å². The van der Waals surface area contributed by atoms with Crippen molar-refractivity contribution in [2.45, 2.75) is 18.4 Å². The Hall–Kier alpha value is -2.17. The molecule has 0 aromatic heterocycles. The minimum atomic E-state index is -0.572. The Labute approximate surface area is 161 Å². The zero-order valence-electron chi connectivity index (χ0n) is 14.4. The van der Waals surface area contributed by atoms with Gasteiger partial charge >= 0.3 is 5.97 Å². The fourth-order valence-corrected chi connectivity index (χ4v) is 4.17. The van der Waals surface area contributed by atoms with Gasteiger partial charge in [0.1, 0.15) is 5.60 Å². The van der Waals surface area contributed by atoms with Gasteiger partial charge in [-0.3, -0.25) is 0 Å². The molecule has 4 heteroatoms. The summed E-state index contributed by atoms with van der Waals surface area (Å²) in [5.41, 5.74) is 1.10. The number of benzene rings is 3. The minimum absolute atomic E-state index is 0.264. The number of piperidine rings is 1. The number of halogens is 1. The molecule has 132 valence electrons. The second-order valence-electron chi connectivity index (χ2n) is 6.64. The molecule has 3 aromatic rings. The van der Waals surface area contributed by atoms with Crippen LogP contribution in [0.25, 0.3) is 10.8 Å². The van der Waals surface area contributed by atoms with Crippen LogP contribution in [0.1, 0.15) is 28.8 Å². The van der Waals surface area contributed by atoms with Crippen molar-refractivity contribution in [3.05, 3.63) is 82.3 Å². The van der Waals surface area contributed by atoms with Gasteiger partial charge in [0, 0.05) is 17.3 Å². The summed E-state index contributed by atoms with van der Waals surface area (Å²) in [6.07, 6.45) is 1.55. The summed E-state index contributed by atoms with van der Waals surface area (Å²) in [4.78, 5) is 13.2. The van der Waals surface area contributed by atoms with Crippen molar-refractivity contribution < 1.29 is 9.53 Å². The van der Waals surface area contributed by atoms with Gasteiger partial charge in [0.25, 0.3) is 0 Å². The maximum atomic E-state index is 13.2. The quantitative estimate of drug-likeness (QED) is 0.615. The molecule has 1 aliphatic heterocycles. The van der Waals surface area contributed by atoms with Gasteiger partial charge in [-0.15, -0.1) is 0 Å². The van der Waals surface area contributed by atoms with Crippen LogP contribution in [0, 0.1) is 0 Å². The summed E-state index contributed by atoms with van der Waals surface area (Å²) in [5.74, 6) is -0.264. The molecule has 0 bridgehead atoms. The lowest BCUT2D eigenvalue weighted by Crippen LogP contribution is -2.43. The number of nitrogens with one attached hydrogen (secondary N) is 1. The Balaban J connectivity index is 1.73. The SMILES string of the molecule is O=C(OC1(c2ccccc2)CCNCC1)c1ccc(Br)c2ccccc12. The van der Waals surface area contributed by atoms with Gasteiger partial charge in [0.15, 0.2) is 0 Å². The van der Waals surface area contributed by atoms with Crippen LogP contribution in [-0.2, 0) is 10.3 Å². The zero-order valence-corrected chi connectivity index (χ0v) is 16.0. The van der Waals surface area contributed by atoms with Crippen LogP contribution < -0.4 is 5.32 Å². The number of ether oxygens (including phenoxy) is 1. The molecule has 0 unspecified atom stereocenters. The van der Waals surface area contributed by atoms with E-state index in [1.165, 1.54) is 0 Å². The first-order valence-corrected chi connectivity index (χ1v) is 9.66. The highest BCUT2D eigenvalue weighted by Crippen LogP contribution is 2.36. The number of rotatable bonds is 3. The smallest absolute Gasteiger partial charge is 0.339 e. The topological polar surface area (TPSA) is 38.3 Å². The summed E-state index contributed by atoms with van der Waals surface area (Å²) in [7, 11) is 0. The van der Waals surface area contributed by atoms with Gasteiger partial charge in [0.05, 0.1) is 5.56 Å². The lowest BCUT2D eigenvalue weighted by Gasteiger charge is -2.37. The molecule has 0 aliphatic carbocycles. The number of esters is 1. The second-order valence-corrected chi connectivity index (χ2v) is 7.49. The third kappa shape index (κ3) is 3.15. The van der Waals surface area contributed by atoms with Gasteiger partial charge in [-0.05, 0) is 41.6 Å². The molecule has 1 heterocycles. The molecule has 1 N–H and O–H groups in total. The number of hydrogen-bond acceptors (Lipinski definition) is 3. The van der Waals surface area contributed by atoms with Crippen molar-refractivity contribution in [1.82, 2.24) is 5.32 Å². The van der Waals surface area contributed by atoms with Crippen LogP contribution in [0.5, 0.6) is 0 Å². The van der Waals surface area contributed by atoms with Crippen LogP contribution in [0.2, 0.25) is 0 Å². The van der Waals surface area contributed by atoms with E-state index in [9.17, 15) is 4.79 Å². The van der Waals surface area contributed by atoms with E-state index in [1.807, 2.05) is 54.6 Å². The molecule has 3 nitrogen and oxygen atoms in total. The highest BCUT2D eigenvalue weighted by atomic mass is 79.9. The maximum Gasteiger partial charge on any atom is 0.339 e. The highest BCUT2D eigenvalue weighted by Gasteiger charge is 2.38. The minimum Gasteiger partial charge on any atom is -0.450 e. The summed E-state index contributed by atoms with van der Waals surface area (Å²) < 4.78 is 7.18. The van der Waals surface area contributed by atoms with E-state index in [0.717, 1.165) is 46.7 Å². The third-order valence-corrected chi connectivity index (χ3v) is 5.78. The predicted molar refractivity (Wildman–Crippen MR) is 107 cm³/mol. The third-order valence-electron chi connectivity index (χ3n) is 5.09. The molecule has 0 saturated carbocycles. The maximum absolute atomic E-state index is 13.2. The normalized spacial score (nSPS) is 16.3. The molecule has 0 spiro atoms. The highest BCUT2D eigenvalue weighted by molar-refractivity contribution is 9.10. The lowest BCUT2D eigenvalue weighted by molar-refractivity contribution is -0.0376. The largest absolute Gasteiger partial charge is 0.450 e. The van der Waals surface area contributed by atoms with E-state index in [4.69, 9.17) is 4.74 Å². The molecule has 3 aromatic carbocycles. The average Bonchev–Trinajstić information content (AvgIpc) is 2.70. The number of hydrogen-bond donors (Lipinski definition) is 1. The van der Waals surface area contributed by atoms with Gasteiger partial charge in [-0.25, -0.2) is 4.79 Å². The lowest BCUT2D eigenvalue weighted by atomic mass is 9.84.